The second-order valence-electron chi connectivity index (χ2n) is 3.80. The fourth-order valence-corrected chi connectivity index (χ4v) is 1.85. The number of aromatic amines is 1. The number of hydrogen-bond acceptors (Lipinski definition) is 6. The lowest BCUT2D eigenvalue weighted by Gasteiger charge is -2.09. The monoisotopic (exact) mass is 359 g/mol. The highest BCUT2D eigenvalue weighted by molar-refractivity contribution is 9.09. The summed E-state index contributed by atoms with van der Waals surface area (Å²) in [6.45, 7) is 3.34. The Morgan fingerprint density at radius 2 is 1.67 bits per heavy atom. The van der Waals surface area contributed by atoms with Gasteiger partial charge in [0.25, 0.3) is 5.56 Å². The smallest absolute Gasteiger partial charge is 0.355 e. The van der Waals surface area contributed by atoms with E-state index in [9.17, 15) is 19.2 Å². The molecule has 0 fully saturated rings. The van der Waals surface area contributed by atoms with Gasteiger partial charge in [-0.3, -0.25) is 9.59 Å². The first-order valence-electron chi connectivity index (χ1n) is 6.16. The van der Waals surface area contributed by atoms with E-state index < -0.39 is 23.3 Å². The molecule has 0 aliphatic rings. The number of Topliss-reactive ketones (excluding diaryl/α,β-unsaturated/α-hetero) is 1. The Hall–Kier alpha value is -1.96. The van der Waals surface area contributed by atoms with Crippen molar-refractivity contribution in [1.29, 1.82) is 0 Å². The lowest BCUT2D eigenvalue weighted by molar-refractivity contribution is 0.0472. The molecule has 0 saturated carbocycles. The molecule has 1 aromatic rings. The topological polar surface area (TPSA) is 103 Å². The van der Waals surface area contributed by atoms with E-state index in [-0.39, 0.29) is 35.4 Å². The molecule has 0 unspecified atom stereocenters. The molecule has 0 spiro atoms. The number of nitrogens with one attached hydrogen (secondary N) is 1. The Bertz CT molecular complexity index is 622. The van der Waals surface area contributed by atoms with Gasteiger partial charge in [-0.2, -0.15) is 0 Å². The van der Waals surface area contributed by atoms with Crippen LogP contribution in [-0.4, -0.2) is 41.2 Å². The number of esters is 2. The van der Waals surface area contributed by atoms with Crippen LogP contribution in [0.25, 0.3) is 0 Å². The van der Waals surface area contributed by atoms with E-state index in [0.29, 0.717) is 0 Å². The number of halogens is 1. The summed E-state index contributed by atoms with van der Waals surface area (Å²) in [6.07, 6.45) is 0. The van der Waals surface area contributed by atoms with Gasteiger partial charge in [-0.1, -0.05) is 15.9 Å². The van der Waals surface area contributed by atoms with Crippen molar-refractivity contribution in [3.63, 3.8) is 0 Å². The first-order chi connectivity index (χ1) is 9.96. The van der Waals surface area contributed by atoms with Crippen molar-refractivity contribution in [2.75, 3.05) is 18.5 Å². The number of ether oxygens (including phenoxy) is 2. The van der Waals surface area contributed by atoms with E-state index in [1.165, 1.54) is 0 Å². The summed E-state index contributed by atoms with van der Waals surface area (Å²) >= 11 is 2.94. The lowest BCUT2D eigenvalue weighted by Crippen LogP contribution is -2.26. The van der Waals surface area contributed by atoms with Crippen LogP contribution in [0.5, 0.6) is 0 Å². The maximum atomic E-state index is 11.9. The van der Waals surface area contributed by atoms with E-state index in [1.54, 1.807) is 13.8 Å². The van der Waals surface area contributed by atoms with Crippen molar-refractivity contribution in [3.05, 3.63) is 33.2 Å². The van der Waals surface area contributed by atoms with Crippen LogP contribution in [0, 0.1) is 0 Å². The highest BCUT2D eigenvalue weighted by atomic mass is 79.9. The summed E-state index contributed by atoms with van der Waals surface area (Å²) in [4.78, 5) is 49.3. The first kappa shape index (κ1) is 17.1. The summed E-state index contributed by atoms with van der Waals surface area (Å²) < 4.78 is 9.58. The summed E-state index contributed by atoms with van der Waals surface area (Å²) in [5.41, 5.74) is -1.54. The molecule has 7 nitrogen and oxygen atoms in total. The number of carbonyl (C=O) groups is 3. The molecule has 8 heteroatoms. The molecular weight excluding hydrogens is 346 g/mol. The predicted molar refractivity (Wildman–Crippen MR) is 77.1 cm³/mol. The molecule has 0 amide bonds. The second-order valence-corrected chi connectivity index (χ2v) is 4.36. The largest absolute Gasteiger partial charge is 0.462 e. The van der Waals surface area contributed by atoms with E-state index in [0.717, 1.165) is 6.07 Å². The van der Waals surface area contributed by atoms with Gasteiger partial charge in [0.1, 0.15) is 5.69 Å². The van der Waals surface area contributed by atoms with Gasteiger partial charge in [0.15, 0.2) is 5.78 Å². The SMILES string of the molecule is CCOC(=O)c1cc(C(=O)CBr)c(=O)[nH]c1C(=O)OCC. The summed E-state index contributed by atoms with van der Waals surface area (Å²) in [5.74, 6) is -2.20. The standard InChI is InChI=1S/C13H14BrNO6/c1-3-20-12(18)8-5-7(9(16)6-14)11(17)15-10(8)13(19)21-4-2/h5H,3-4,6H2,1-2H3,(H,15,17). The third kappa shape index (κ3) is 4.01. The zero-order chi connectivity index (χ0) is 16.0. The molecule has 0 saturated heterocycles. The number of aromatic nitrogens is 1. The van der Waals surface area contributed by atoms with Gasteiger partial charge in [0, 0.05) is 0 Å². The summed E-state index contributed by atoms with van der Waals surface area (Å²) in [6, 6.07) is 1.05. The average molecular weight is 360 g/mol. The van der Waals surface area contributed by atoms with E-state index in [1.807, 2.05) is 0 Å². The van der Waals surface area contributed by atoms with Gasteiger partial charge < -0.3 is 14.5 Å². The third-order valence-corrected chi connectivity index (χ3v) is 2.95. The molecule has 21 heavy (non-hydrogen) atoms. The molecule has 0 aliphatic heterocycles. The van der Waals surface area contributed by atoms with Crippen molar-refractivity contribution < 1.29 is 23.9 Å². The Kier molecular flexibility index (Phi) is 6.29. The van der Waals surface area contributed by atoms with Crippen LogP contribution in [-0.2, 0) is 9.47 Å². The molecule has 1 N–H and O–H groups in total. The Labute approximate surface area is 128 Å². The minimum Gasteiger partial charge on any atom is -0.462 e. The Morgan fingerprint density at radius 3 is 2.19 bits per heavy atom. The van der Waals surface area contributed by atoms with Crippen molar-refractivity contribution in [1.82, 2.24) is 4.98 Å². The quantitative estimate of drug-likeness (QED) is 0.466. The van der Waals surface area contributed by atoms with Crippen LogP contribution in [0.3, 0.4) is 0 Å². The maximum Gasteiger partial charge on any atom is 0.355 e. The molecule has 1 rings (SSSR count). The molecule has 0 radical (unpaired) electrons. The fraction of sp³-hybridized carbons (Fsp3) is 0.385. The first-order valence-corrected chi connectivity index (χ1v) is 7.29. The summed E-state index contributed by atoms with van der Waals surface area (Å²) in [5, 5.41) is -0.0862. The number of hydrogen-bond donors (Lipinski definition) is 1. The summed E-state index contributed by atoms with van der Waals surface area (Å²) in [7, 11) is 0. The van der Waals surface area contributed by atoms with Crippen molar-refractivity contribution >= 4 is 33.7 Å². The zero-order valence-corrected chi connectivity index (χ0v) is 13.1. The minimum atomic E-state index is -0.865. The van der Waals surface area contributed by atoms with Crippen LogP contribution in [0.4, 0.5) is 0 Å². The van der Waals surface area contributed by atoms with Crippen molar-refractivity contribution in [2.24, 2.45) is 0 Å². The molecule has 1 heterocycles. The van der Waals surface area contributed by atoms with Crippen LogP contribution < -0.4 is 5.56 Å². The van der Waals surface area contributed by atoms with E-state index in [2.05, 4.69) is 20.9 Å². The Balaban J connectivity index is 3.45. The molecular formula is C13H14BrNO6. The van der Waals surface area contributed by atoms with Crippen LogP contribution >= 0.6 is 15.9 Å². The number of ketones is 1. The van der Waals surface area contributed by atoms with Crippen LogP contribution in [0.1, 0.15) is 45.1 Å². The number of rotatable bonds is 6. The predicted octanol–water partition coefficient (Wildman–Crippen LogP) is 1.31. The fourth-order valence-electron chi connectivity index (χ4n) is 1.54. The van der Waals surface area contributed by atoms with E-state index in [4.69, 9.17) is 9.47 Å². The van der Waals surface area contributed by atoms with Gasteiger partial charge >= 0.3 is 11.9 Å². The van der Waals surface area contributed by atoms with Gasteiger partial charge in [-0.25, -0.2) is 9.59 Å². The van der Waals surface area contributed by atoms with Crippen molar-refractivity contribution in [3.8, 4) is 0 Å². The van der Waals surface area contributed by atoms with E-state index >= 15 is 0 Å². The zero-order valence-electron chi connectivity index (χ0n) is 11.5. The molecule has 0 aliphatic carbocycles. The molecule has 1 aromatic heterocycles. The van der Waals surface area contributed by atoms with Gasteiger partial charge in [-0.15, -0.1) is 0 Å². The molecule has 114 valence electrons. The molecule has 0 aromatic carbocycles. The van der Waals surface area contributed by atoms with Crippen LogP contribution in [0.15, 0.2) is 10.9 Å². The highest BCUT2D eigenvalue weighted by Gasteiger charge is 2.24. The normalized spacial score (nSPS) is 10.0. The minimum absolute atomic E-state index is 0.0746. The number of H-pyrrole nitrogens is 1. The van der Waals surface area contributed by atoms with Gasteiger partial charge in [0.05, 0.1) is 29.7 Å². The van der Waals surface area contributed by atoms with Gasteiger partial charge in [-0.05, 0) is 19.9 Å². The lowest BCUT2D eigenvalue weighted by atomic mass is 10.1. The Morgan fingerprint density at radius 1 is 1.10 bits per heavy atom. The number of pyridine rings is 1. The third-order valence-electron chi connectivity index (χ3n) is 2.44. The average Bonchev–Trinajstić information content (AvgIpc) is 2.46. The molecule has 0 atom stereocenters. The number of alkyl halides is 1. The number of carbonyl (C=O) groups excluding carboxylic acids is 3. The van der Waals surface area contributed by atoms with Gasteiger partial charge in [0.2, 0.25) is 0 Å². The molecule has 0 bridgehead atoms. The van der Waals surface area contributed by atoms with Crippen molar-refractivity contribution in [2.45, 2.75) is 13.8 Å². The maximum absolute atomic E-state index is 11.9. The highest BCUT2D eigenvalue weighted by Crippen LogP contribution is 2.11. The van der Waals surface area contributed by atoms with Crippen LogP contribution in [0.2, 0.25) is 0 Å². The second kappa shape index (κ2) is 7.72.